The maximum absolute atomic E-state index is 11.8. The van der Waals surface area contributed by atoms with Crippen molar-refractivity contribution in [2.45, 2.75) is 12.6 Å². The molecule has 18 heavy (non-hydrogen) atoms. The highest BCUT2D eigenvalue weighted by Gasteiger charge is 2.34. The summed E-state index contributed by atoms with van der Waals surface area (Å²) < 4.78 is 0. The van der Waals surface area contributed by atoms with Crippen molar-refractivity contribution in [1.82, 2.24) is 15.1 Å². The Balaban J connectivity index is 1.64. The average Bonchev–Trinajstić information content (AvgIpc) is 2.41. The van der Waals surface area contributed by atoms with Gasteiger partial charge in [-0.1, -0.05) is 30.3 Å². The Morgan fingerprint density at radius 2 is 2.00 bits per heavy atom. The van der Waals surface area contributed by atoms with Crippen molar-refractivity contribution in [2.24, 2.45) is 0 Å². The van der Waals surface area contributed by atoms with Crippen molar-refractivity contribution in [3.05, 3.63) is 35.9 Å². The Kier molecular flexibility index (Phi) is 3.30. The van der Waals surface area contributed by atoms with Crippen molar-refractivity contribution in [1.29, 1.82) is 0 Å². The van der Waals surface area contributed by atoms with Gasteiger partial charge in [-0.05, 0) is 5.56 Å². The SMILES string of the molecule is O=C1NCCN2CCN(Cc3ccccc3)CC12. The number of piperazine rings is 2. The summed E-state index contributed by atoms with van der Waals surface area (Å²) in [6.07, 6.45) is 0. The van der Waals surface area contributed by atoms with Crippen molar-refractivity contribution in [2.75, 3.05) is 32.7 Å². The second-order valence-electron chi connectivity index (χ2n) is 5.06. The van der Waals surface area contributed by atoms with Crippen LogP contribution in [0.5, 0.6) is 0 Å². The minimum absolute atomic E-state index is 0.0520. The Hall–Kier alpha value is -1.39. The maximum Gasteiger partial charge on any atom is 0.238 e. The first-order valence-electron chi connectivity index (χ1n) is 6.61. The van der Waals surface area contributed by atoms with Gasteiger partial charge in [0, 0.05) is 39.3 Å². The highest BCUT2D eigenvalue weighted by atomic mass is 16.2. The summed E-state index contributed by atoms with van der Waals surface area (Å²) in [7, 11) is 0. The quantitative estimate of drug-likeness (QED) is 0.814. The lowest BCUT2D eigenvalue weighted by Crippen LogP contribution is -2.63. The Labute approximate surface area is 108 Å². The van der Waals surface area contributed by atoms with E-state index in [9.17, 15) is 4.79 Å². The van der Waals surface area contributed by atoms with Gasteiger partial charge in [0.1, 0.15) is 6.04 Å². The lowest BCUT2D eigenvalue weighted by atomic mass is 10.1. The fourth-order valence-corrected chi connectivity index (χ4v) is 2.82. The normalized spacial score (nSPS) is 25.6. The zero-order chi connectivity index (χ0) is 12.4. The smallest absolute Gasteiger partial charge is 0.238 e. The topological polar surface area (TPSA) is 35.6 Å². The van der Waals surface area contributed by atoms with Gasteiger partial charge < -0.3 is 5.32 Å². The second-order valence-corrected chi connectivity index (χ2v) is 5.06. The van der Waals surface area contributed by atoms with Crippen LogP contribution in [0.4, 0.5) is 0 Å². The van der Waals surface area contributed by atoms with Crippen LogP contribution in [0.3, 0.4) is 0 Å². The van der Waals surface area contributed by atoms with Crippen LogP contribution in [0.2, 0.25) is 0 Å². The molecule has 2 saturated heterocycles. The monoisotopic (exact) mass is 245 g/mol. The molecular formula is C14H19N3O. The molecule has 1 aromatic carbocycles. The van der Waals surface area contributed by atoms with E-state index in [0.29, 0.717) is 0 Å². The van der Waals surface area contributed by atoms with E-state index in [-0.39, 0.29) is 11.9 Å². The van der Waals surface area contributed by atoms with Crippen LogP contribution in [-0.2, 0) is 11.3 Å². The highest BCUT2D eigenvalue weighted by molar-refractivity contribution is 5.82. The molecule has 0 bridgehead atoms. The largest absolute Gasteiger partial charge is 0.353 e. The molecule has 0 aromatic heterocycles. The molecule has 1 N–H and O–H groups in total. The summed E-state index contributed by atoms with van der Waals surface area (Å²) in [6.45, 7) is 5.65. The molecule has 0 spiro atoms. The van der Waals surface area contributed by atoms with Crippen LogP contribution in [0.15, 0.2) is 30.3 Å². The lowest BCUT2D eigenvalue weighted by Gasteiger charge is -2.43. The fourth-order valence-electron chi connectivity index (χ4n) is 2.82. The molecule has 2 heterocycles. The average molecular weight is 245 g/mol. The van der Waals surface area contributed by atoms with E-state index in [1.165, 1.54) is 5.56 Å². The number of carbonyl (C=O) groups is 1. The predicted octanol–water partition coefficient (Wildman–Crippen LogP) is 0.303. The molecule has 2 fully saturated rings. The van der Waals surface area contributed by atoms with Crippen LogP contribution in [0.25, 0.3) is 0 Å². The molecule has 0 aliphatic carbocycles. The molecule has 1 atom stereocenters. The minimum atomic E-state index is 0.0520. The van der Waals surface area contributed by atoms with Gasteiger partial charge >= 0.3 is 0 Å². The number of hydrogen-bond acceptors (Lipinski definition) is 3. The first kappa shape index (κ1) is 11.7. The van der Waals surface area contributed by atoms with Crippen LogP contribution in [0.1, 0.15) is 5.56 Å². The molecule has 0 saturated carbocycles. The van der Waals surface area contributed by atoms with E-state index < -0.39 is 0 Å². The molecule has 1 aromatic rings. The highest BCUT2D eigenvalue weighted by Crippen LogP contribution is 2.14. The van der Waals surface area contributed by atoms with Crippen LogP contribution in [0, 0.1) is 0 Å². The first-order valence-corrected chi connectivity index (χ1v) is 6.61. The summed E-state index contributed by atoms with van der Waals surface area (Å²) in [5.74, 6) is 0.194. The molecule has 3 rings (SSSR count). The number of rotatable bonds is 2. The lowest BCUT2D eigenvalue weighted by molar-refractivity contribution is -0.131. The van der Waals surface area contributed by atoms with Crippen molar-refractivity contribution in [3.8, 4) is 0 Å². The van der Waals surface area contributed by atoms with Gasteiger partial charge in [0.25, 0.3) is 0 Å². The summed E-state index contributed by atoms with van der Waals surface area (Å²) in [5, 5.41) is 2.96. The number of fused-ring (bicyclic) bond motifs is 1. The third-order valence-corrected chi connectivity index (χ3v) is 3.83. The zero-order valence-corrected chi connectivity index (χ0v) is 10.5. The molecule has 2 aliphatic rings. The molecule has 1 unspecified atom stereocenters. The number of benzene rings is 1. The van der Waals surface area contributed by atoms with E-state index in [1.54, 1.807) is 0 Å². The molecular weight excluding hydrogens is 226 g/mol. The van der Waals surface area contributed by atoms with Crippen LogP contribution >= 0.6 is 0 Å². The summed E-state index contributed by atoms with van der Waals surface area (Å²) in [6, 6.07) is 10.5. The van der Waals surface area contributed by atoms with Crippen LogP contribution in [-0.4, -0.2) is 54.5 Å². The molecule has 2 aliphatic heterocycles. The third kappa shape index (κ3) is 2.40. The summed E-state index contributed by atoms with van der Waals surface area (Å²) in [5.41, 5.74) is 1.32. The molecule has 4 heteroatoms. The molecule has 4 nitrogen and oxygen atoms in total. The maximum atomic E-state index is 11.8. The van der Waals surface area contributed by atoms with E-state index in [1.807, 2.05) is 6.07 Å². The molecule has 0 radical (unpaired) electrons. The van der Waals surface area contributed by atoms with Gasteiger partial charge in [-0.2, -0.15) is 0 Å². The fraction of sp³-hybridized carbons (Fsp3) is 0.500. The van der Waals surface area contributed by atoms with Crippen molar-refractivity contribution >= 4 is 5.91 Å². The second kappa shape index (κ2) is 5.08. The van der Waals surface area contributed by atoms with Gasteiger partial charge in [0.05, 0.1) is 0 Å². The first-order chi connectivity index (χ1) is 8.83. The van der Waals surface area contributed by atoms with Gasteiger partial charge in [-0.25, -0.2) is 0 Å². The summed E-state index contributed by atoms with van der Waals surface area (Å²) in [4.78, 5) is 16.5. The number of nitrogens with one attached hydrogen (secondary N) is 1. The predicted molar refractivity (Wildman–Crippen MR) is 70.1 cm³/mol. The number of hydrogen-bond donors (Lipinski definition) is 1. The van der Waals surface area contributed by atoms with Gasteiger partial charge in [0.15, 0.2) is 0 Å². The zero-order valence-electron chi connectivity index (χ0n) is 10.5. The summed E-state index contributed by atoms with van der Waals surface area (Å²) >= 11 is 0. The van der Waals surface area contributed by atoms with E-state index >= 15 is 0 Å². The van der Waals surface area contributed by atoms with E-state index in [0.717, 1.165) is 39.3 Å². The Morgan fingerprint density at radius 3 is 2.83 bits per heavy atom. The number of nitrogens with zero attached hydrogens (tertiary/aromatic N) is 2. The number of amides is 1. The molecule has 96 valence electrons. The minimum Gasteiger partial charge on any atom is -0.353 e. The Morgan fingerprint density at radius 1 is 1.17 bits per heavy atom. The van der Waals surface area contributed by atoms with Gasteiger partial charge in [-0.15, -0.1) is 0 Å². The van der Waals surface area contributed by atoms with Crippen molar-refractivity contribution < 1.29 is 4.79 Å². The standard InChI is InChI=1S/C14H19N3O/c18-14-13-11-16(8-9-17(13)7-6-15-14)10-12-4-2-1-3-5-12/h1-5,13H,6-11H2,(H,15,18). The van der Waals surface area contributed by atoms with Gasteiger partial charge in [0.2, 0.25) is 5.91 Å². The van der Waals surface area contributed by atoms with Crippen molar-refractivity contribution in [3.63, 3.8) is 0 Å². The van der Waals surface area contributed by atoms with Gasteiger partial charge in [-0.3, -0.25) is 14.6 Å². The van der Waals surface area contributed by atoms with E-state index in [2.05, 4.69) is 39.4 Å². The number of carbonyl (C=O) groups excluding carboxylic acids is 1. The van der Waals surface area contributed by atoms with Crippen LogP contribution < -0.4 is 5.32 Å². The van der Waals surface area contributed by atoms with E-state index in [4.69, 9.17) is 0 Å². The molecule has 1 amide bonds. The third-order valence-electron chi connectivity index (χ3n) is 3.83. The Bertz CT molecular complexity index is 420.